The predicted octanol–water partition coefficient (Wildman–Crippen LogP) is 4.00. The molecular weight excluding hydrogens is 338 g/mol. The van der Waals surface area contributed by atoms with Crippen LogP contribution in [0.1, 0.15) is 37.5 Å². The van der Waals surface area contributed by atoms with Crippen LogP contribution < -0.4 is 4.74 Å². The van der Waals surface area contributed by atoms with Crippen LogP contribution in [-0.4, -0.2) is 43.4 Å². The number of rotatable bonds is 9. The topological polar surface area (TPSA) is 41.9 Å². The van der Waals surface area contributed by atoms with Crippen LogP contribution in [0.2, 0.25) is 0 Å². The Kier molecular flexibility index (Phi) is 7.84. The summed E-state index contributed by atoms with van der Waals surface area (Å²) < 4.78 is 10.8. The number of hydrogen-bond acceptors (Lipinski definition) is 4. The maximum atomic E-state index is 10.2. The lowest BCUT2D eigenvalue weighted by atomic mass is 9.87. The lowest BCUT2D eigenvalue weighted by Gasteiger charge is -2.22. The summed E-state index contributed by atoms with van der Waals surface area (Å²) in [4.78, 5) is 2.12. The minimum atomic E-state index is -0.512. The average molecular weight is 372 g/mol. The Hall–Kier alpha value is -1.88. The van der Waals surface area contributed by atoms with E-state index in [0.717, 1.165) is 17.9 Å². The van der Waals surface area contributed by atoms with Gasteiger partial charge in [0.05, 0.1) is 26.4 Å². The van der Waals surface area contributed by atoms with Crippen molar-refractivity contribution in [3.8, 4) is 5.75 Å². The first-order valence-electron chi connectivity index (χ1n) is 9.44. The molecule has 0 fully saturated rings. The summed E-state index contributed by atoms with van der Waals surface area (Å²) >= 11 is 0. The molecule has 4 heteroatoms. The van der Waals surface area contributed by atoms with Crippen LogP contribution in [0.15, 0.2) is 48.5 Å². The van der Waals surface area contributed by atoms with E-state index in [1.165, 1.54) is 11.1 Å². The van der Waals surface area contributed by atoms with Gasteiger partial charge in [-0.1, -0.05) is 57.2 Å². The number of methoxy groups -OCH3 is 1. The highest BCUT2D eigenvalue weighted by Crippen LogP contribution is 2.22. The molecule has 0 saturated carbocycles. The quantitative estimate of drug-likeness (QED) is 0.723. The molecule has 148 valence electrons. The molecule has 2 aromatic carbocycles. The fourth-order valence-corrected chi connectivity index (χ4v) is 2.93. The van der Waals surface area contributed by atoms with E-state index in [0.29, 0.717) is 19.8 Å². The lowest BCUT2D eigenvalue weighted by molar-refractivity contribution is 0.0127. The monoisotopic (exact) mass is 371 g/mol. The molecule has 0 aliphatic rings. The minimum Gasteiger partial charge on any atom is -0.497 e. The van der Waals surface area contributed by atoms with Crippen LogP contribution in [0, 0.1) is 0 Å². The molecule has 2 aromatic rings. The Balaban J connectivity index is 1.72. The minimum absolute atomic E-state index is 0.169. The second-order valence-corrected chi connectivity index (χ2v) is 8.16. The summed E-state index contributed by atoms with van der Waals surface area (Å²) in [7, 11) is 3.67. The molecule has 1 unspecified atom stereocenters. The molecule has 0 spiro atoms. The number of nitrogens with zero attached hydrogens (tertiary/aromatic N) is 1. The van der Waals surface area contributed by atoms with E-state index in [9.17, 15) is 5.11 Å². The normalized spacial score (nSPS) is 13.0. The number of aliphatic hydroxyl groups is 1. The van der Waals surface area contributed by atoms with Crippen LogP contribution in [0.4, 0.5) is 0 Å². The van der Waals surface area contributed by atoms with E-state index in [4.69, 9.17) is 9.47 Å². The van der Waals surface area contributed by atoms with Gasteiger partial charge in [-0.3, -0.25) is 4.90 Å². The summed E-state index contributed by atoms with van der Waals surface area (Å²) in [6, 6.07) is 16.5. The highest BCUT2D eigenvalue weighted by molar-refractivity contribution is 5.28. The van der Waals surface area contributed by atoms with Crippen LogP contribution >= 0.6 is 0 Å². The fourth-order valence-electron chi connectivity index (χ4n) is 2.93. The molecule has 0 saturated heterocycles. The van der Waals surface area contributed by atoms with Gasteiger partial charge in [0.1, 0.15) is 5.75 Å². The van der Waals surface area contributed by atoms with E-state index < -0.39 is 6.10 Å². The van der Waals surface area contributed by atoms with Crippen molar-refractivity contribution in [2.75, 3.05) is 27.3 Å². The van der Waals surface area contributed by atoms with Crippen molar-refractivity contribution >= 4 is 0 Å². The largest absolute Gasteiger partial charge is 0.497 e. The Morgan fingerprint density at radius 3 is 2.11 bits per heavy atom. The zero-order valence-corrected chi connectivity index (χ0v) is 17.2. The number of aliphatic hydroxyl groups excluding tert-OH is 1. The SMILES string of the molecule is COc1ccc(COCC(O)CN(C)Cc2ccc(C(C)(C)C)cc2)cc1. The van der Waals surface area contributed by atoms with E-state index in [2.05, 4.69) is 49.9 Å². The summed E-state index contributed by atoms with van der Waals surface area (Å²) in [6.45, 7) is 8.84. The van der Waals surface area contributed by atoms with Crippen LogP contribution in [-0.2, 0) is 23.3 Å². The standard InChI is InChI=1S/C23H33NO3/c1-23(2,3)20-10-6-18(7-11-20)14-24(4)15-21(25)17-27-16-19-8-12-22(26-5)13-9-19/h6-13,21,25H,14-17H2,1-5H3. The highest BCUT2D eigenvalue weighted by Gasteiger charge is 2.14. The summed E-state index contributed by atoms with van der Waals surface area (Å²) in [6.07, 6.45) is -0.512. The molecule has 27 heavy (non-hydrogen) atoms. The van der Waals surface area contributed by atoms with Crippen LogP contribution in [0.25, 0.3) is 0 Å². The molecular formula is C23H33NO3. The van der Waals surface area contributed by atoms with Crippen molar-refractivity contribution in [2.45, 2.75) is 45.4 Å². The maximum absolute atomic E-state index is 10.2. The van der Waals surface area contributed by atoms with Gasteiger partial charge in [-0.05, 0) is 41.3 Å². The third-order valence-electron chi connectivity index (χ3n) is 4.53. The molecule has 2 rings (SSSR count). The van der Waals surface area contributed by atoms with E-state index in [1.54, 1.807) is 7.11 Å². The van der Waals surface area contributed by atoms with Crippen molar-refractivity contribution in [1.29, 1.82) is 0 Å². The van der Waals surface area contributed by atoms with E-state index in [-0.39, 0.29) is 5.41 Å². The van der Waals surface area contributed by atoms with Crippen molar-refractivity contribution in [2.24, 2.45) is 0 Å². The maximum Gasteiger partial charge on any atom is 0.118 e. The highest BCUT2D eigenvalue weighted by atomic mass is 16.5. The summed E-state index contributed by atoms with van der Waals surface area (Å²) in [5.74, 6) is 0.830. The average Bonchev–Trinajstić information content (AvgIpc) is 2.62. The molecule has 0 aliphatic carbocycles. The van der Waals surface area contributed by atoms with Crippen LogP contribution in [0.3, 0.4) is 0 Å². The Bertz CT molecular complexity index is 674. The zero-order chi connectivity index (χ0) is 19.9. The second-order valence-electron chi connectivity index (χ2n) is 8.16. The van der Waals surface area contributed by atoms with Gasteiger partial charge in [0.15, 0.2) is 0 Å². The fraction of sp³-hybridized carbons (Fsp3) is 0.478. The van der Waals surface area contributed by atoms with Gasteiger partial charge >= 0.3 is 0 Å². The van der Waals surface area contributed by atoms with Crippen molar-refractivity contribution < 1.29 is 14.6 Å². The molecule has 0 radical (unpaired) electrons. The van der Waals surface area contributed by atoms with Gasteiger partial charge in [-0.25, -0.2) is 0 Å². The van der Waals surface area contributed by atoms with Gasteiger partial charge in [0.2, 0.25) is 0 Å². The second kappa shape index (κ2) is 9.88. The lowest BCUT2D eigenvalue weighted by Crippen LogP contribution is -2.31. The van der Waals surface area contributed by atoms with Gasteiger partial charge in [-0.15, -0.1) is 0 Å². The first-order chi connectivity index (χ1) is 12.8. The molecule has 4 nitrogen and oxygen atoms in total. The van der Waals surface area contributed by atoms with Crippen molar-refractivity contribution in [3.63, 3.8) is 0 Å². The number of ether oxygens (including phenoxy) is 2. The summed E-state index contributed by atoms with van der Waals surface area (Å²) in [5.41, 5.74) is 3.81. The van der Waals surface area contributed by atoms with Gasteiger partial charge in [0, 0.05) is 13.1 Å². The van der Waals surface area contributed by atoms with E-state index in [1.807, 2.05) is 31.3 Å². The number of benzene rings is 2. The third kappa shape index (κ3) is 7.33. The molecule has 0 amide bonds. The smallest absolute Gasteiger partial charge is 0.118 e. The molecule has 1 atom stereocenters. The Labute approximate surface area is 163 Å². The molecule has 0 aromatic heterocycles. The van der Waals surface area contributed by atoms with Crippen LogP contribution in [0.5, 0.6) is 5.75 Å². The van der Waals surface area contributed by atoms with Gasteiger partial charge < -0.3 is 14.6 Å². The Morgan fingerprint density at radius 1 is 0.963 bits per heavy atom. The zero-order valence-electron chi connectivity index (χ0n) is 17.2. The van der Waals surface area contributed by atoms with Gasteiger partial charge in [-0.2, -0.15) is 0 Å². The van der Waals surface area contributed by atoms with E-state index >= 15 is 0 Å². The molecule has 0 aliphatic heterocycles. The number of likely N-dealkylation sites (N-methyl/N-ethyl adjacent to an activating group) is 1. The molecule has 0 heterocycles. The van der Waals surface area contributed by atoms with Crippen molar-refractivity contribution in [3.05, 3.63) is 65.2 Å². The first kappa shape index (κ1) is 21.4. The first-order valence-corrected chi connectivity index (χ1v) is 9.44. The Morgan fingerprint density at radius 2 is 1.56 bits per heavy atom. The molecule has 1 N–H and O–H groups in total. The number of hydrogen-bond donors (Lipinski definition) is 1. The predicted molar refractivity (Wildman–Crippen MR) is 110 cm³/mol. The molecule has 0 bridgehead atoms. The third-order valence-corrected chi connectivity index (χ3v) is 4.53. The summed E-state index contributed by atoms with van der Waals surface area (Å²) in [5, 5.41) is 10.2. The van der Waals surface area contributed by atoms with Crippen molar-refractivity contribution in [1.82, 2.24) is 4.90 Å². The van der Waals surface area contributed by atoms with Gasteiger partial charge in [0.25, 0.3) is 0 Å².